The van der Waals surface area contributed by atoms with E-state index in [9.17, 15) is 9.59 Å². The van der Waals surface area contributed by atoms with E-state index in [4.69, 9.17) is 23.2 Å². The molecule has 2 aromatic rings. The van der Waals surface area contributed by atoms with Crippen molar-refractivity contribution >= 4 is 29.0 Å². The van der Waals surface area contributed by atoms with E-state index in [1.807, 2.05) is 0 Å². The Hall–Kier alpha value is -1.58. The van der Waals surface area contributed by atoms with Crippen LogP contribution in [0.25, 0.3) is 11.3 Å². The monoisotopic (exact) mass is 295 g/mol. The average Bonchev–Trinajstić information content (AvgIpc) is 2.35. The van der Waals surface area contributed by atoms with Crippen LogP contribution < -0.4 is 5.56 Å². The van der Waals surface area contributed by atoms with E-state index in [2.05, 4.69) is 0 Å². The van der Waals surface area contributed by atoms with Gasteiger partial charge in [-0.15, -0.1) is 0 Å². The second-order valence-electron chi connectivity index (χ2n) is 4.18. The number of hydrogen-bond donors (Lipinski definition) is 0. The lowest BCUT2D eigenvalue weighted by Crippen LogP contribution is -2.24. The van der Waals surface area contributed by atoms with Crippen molar-refractivity contribution in [1.29, 1.82) is 0 Å². The molecule has 0 saturated heterocycles. The Bertz CT molecular complexity index is 720. The number of Topliss-reactive ketones (excluding diaryl/α,β-unsaturated/α-hetero) is 1. The average molecular weight is 296 g/mol. The second-order valence-corrected chi connectivity index (χ2v) is 5.02. The van der Waals surface area contributed by atoms with Gasteiger partial charge in [-0.3, -0.25) is 9.59 Å². The first kappa shape index (κ1) is 13.8. The normalized spacial score (nSPS) is 10.5. The molecule has 0 radical (unpaired) electrons. The molecule has 5 heteroatoms. The lowest BCUT2D eigenvalue weighted by molar-refractivity contribution is 0.101. The molecule has 0 bridgehead atoms. The van der Waals surface area contributed by atoms with Crippen molar-refractivity contribution in [2.45, 2.75) is 6.92 Å². The Morgan fingerprint density at radius 1 is 1.16 bits per heavy atom. The fourth-order valence-electron chi connectivity index (χ4n) is 1.87. The van der Waals surface area contributed by atoms with Gasteiger partial charge < -0.3 is 4.57 Å². The Labute approximate surface area is 120 Å². The SMILES string of the molecule is CC(=O)c1ccc(-c2cc(Cl)ccc2Cl)n(C)c1=O. The lowest BCUT2D eigenvalue weighted by Gasteiger charge is -2.11. The largest absolute Gasteiger partial charge is 0.311 e. The summed E-state index contributed by atoms with van der Waals surface area (Å²) in [7, 11) is 1.60. The summed E-state index contributed by atoms with van der Waals surface area (Å²) in [5.41, 5.74) is 1.08. The fraction of sp³-hybridized carbons (Fsp3) is 0.143. The van der Waals surface area contributed by atoms with Crippen LogP contribution in [0, 0.1) is 0 Å². The maximum Gasteiger partial charge on any atom is 0.261 e. The van der Waals surface area contributed by atoms with Gasteiger partial charge in [-0.1, -0.05) is 23.2 Å². The molecule has 0 atom stereocenters. The third-order valence-corrected chi connectivity index (χ3v) is 3.45. The molecule has 98 valence electrons. The summed E-state index contributed by atoms with van der Waals surface area (Å²) >= 11 is 12.1. The fourth-order valence-corrected chi connectivity index (χ4v) is 2.25. The minimum absolute atomic E-state index is 0.157. The number of nitrogens with zero attached hydrogens (tertiary/aromatic N) is 1. The van der Waals surface area contributed by atoms with Gasteiger partial charge >= 0.3 is 0 Å². The molecule has 2 rings (SSSR count). The van der Waals surface area contributed by atoms with Crippen molar-refractivity contribution in [3.63, 3.8) is 0 Å². The summed E-state index contributed by atoms with van der Waals surface area (Å²) < 4.78 is 1.40. The van der Waals surface area contributed by atoms with Crippen molar-refractivity contribution < 1.29 is 4.79 Å². The molecule has 3 nitrogen and oxygen atoms in total. The van der Waals surface area contributed by atoms with E-state index in [1.165, 1.54) is 17.6 Å². The Kier molecular flexibility index (Phi) is 3.78. The van der Waals surface area contributed by atoms with Crippen molar-refractivity contribution in [3.8, 4) is 11.3 Å². The minimum atomic E-state index is -0.346. The van der Waals surface area contributed by atoms with Gasteiger partial charge in [0.25, 0.3) is 5.56 Å². The van der Waals surface area contributed by atoms with E-state index in [0.29, 0.717) is 21.3 Å². The standard InChI is InChI=1S/C14H11Cl2NO2/c1-8(18)10-4-6-13(17(2)14(10)19)11-7-9(15)3-5-12(11)16/h3-7H,1-2H3. The highest BCUT2D eigenvalue weighted by Gasteiger charge is 2.13. The van der Waals surface area contributed by atoms with Crippen LogP contribution >= 0.6 is 23.2 Å². The first-order valence-electron chi connectivity index (χ1n) is 5.58. The second kappa shape index (κ2) is 5.19. The van der Waals surface area contributed by atoms with E-state index in [0.717, 1.165) is 0 Å². The Morgan fingerprint density at radius 2 is 1.84 bits per heavy atom. The molecule has 0 N–H and O–H groups in total. The molecule has 0 aliphatic carbocycles. The minimum Gasteiger partial charge on any atom is -0.311 e. The molecule has 0 spiro atoms. The summed E-state index contributed by atoms with van der Waals surface area (Å²) in [4.78, 5) is 23.4. The number of pyridine rings is 1. The van der Waals surface area contributed by atoms with Gasteiger partial charge in [0, 0.05) is 22.7 Å². The van der Waals surface area contributed by atoms with Gasteiger partial charge in [-0.2, -0.15) is 0 Å². The Balaban J connectivity index is 2.71. The van der Waals surface area contributed by atoms with Crippen molar-refractivity contribution in [3.05, 3.63) is 56.3 Å². The van der Waals surface area contributed by atoms with Crippen LogP contribution in [0.1, 0.15) is 17.3 Å². The van der Waals surface area contributed by atoms with Gasteiger partial charge in [-0.25, -0.2) is 0 Å². The highest BCUT2D eigenvalue weighted by atomic mass is 35.5. The first-order valence-corrected chi connectivity index (χ1v) is 6.34. The number of hydrogen-bond acceptors (Lipinski definition) is 2. The van der Waals surface area contributed by atoms with Crippen LogP contribution in [0.2, 0.25) is 10.0 Å². The highest BCUT2D eigenvalue weighted by Crippen LogP contribution is 2.29. The summed E-state index contributed by atoms with van der Waals surface area (Å²) in [6.45, 7) is 1.36. The van der Waals surface area contributed by atoms with Crippen LogP contribution in [-0.4, -0.2) is 10.4 Å². The molecule has 0 aliphatic rings. The predicted molar refractivity (Wildman–Crippen MR) is 77.1 cm³/mol. The first-order chi connectivity index (χ1) is 8.91. The van der Waals surface area contributed by atoms with Crippen LogP contribution in [0.4, 0.5) is 0 Å². The molecule has 0 aliphatic heterocycles. The topological polar surface area (TPSA) is 39.1 Å². The van der Waals surface area contributed by atoms with Crippen molar-refractivity contribution in [1.82, 2.24) is 4.57 Å². The molecule has 19 heavy (non-hydrogen) atoms. The maximum atomic E-state index is 12.1. The molecule has 1 heterocycles. The third kappa shape index (κ3) is 2.57. The molecule has 0 fully saturated rings. The smallest absolute Gasteiger partial charge is 0.261 e. The number of carbonyl (C=O) groups excluding carboxylic acids is 1. The zero-order valence-corrected chi connectivity index (χ0v) is 11.9. The van der Waals surface area contributed by atoms with Gasteiger partial charge in [-0.05, 0) is 37.3 Å². The predicted octanol–water partition coefficient (Wildman–Crippen LogP) is 3.56. The number of rotatable bonds is 2. The summed E-state index contributed by atoms with van der Waals surface area (Å²) in [6, 6.07) is 8.23. The number of aromatic nitrogens is 1. The zero-order chi connectivity index (χ0) is 14.2. The van der Waals surface area contributed by atoms with Crippen LogP contribution in [0.3, 0.4) is 0 Å². The maximum absolute atomic E-state index is 12.1. The van der Waals surface area contributed by atoms with Crippen LogP contribution in [0.5, 0.6) is 0 Å². The lowest BCUT2D eigenvalue weighted by atomic mass is 10.1. The van der Waals surface area contributed by atoms with Gasteiger partial charge in [0.2, 0.25) is 0 Å². The van der Waals surface area contributed by atoms with Crippen LogP contribution in [-0.2, 0) is 7.05 Å². The highest BCUT2D eigenvalue weighted by molar-refractivity contribution is 6.35. The van der Waals surface area contributed by atoms with E-state index < -0.39 is 0 Å². The molecular weight excluding hydrogens is 285 g/mol. The zero-order valence-electron chi connectivity index (χ0n) is 10.4. The van der Waals surface area contributed by atoms with Crippen molar-refractivity contribution in [2.24, 2.45) is 7.05 Å². The van der Waals surface area contributed by atoms with E-state index in [1.54, 1.807) is 31.3 Å². The molecule has 1 aromatic carbocycles. The van der Waals surface area contributed by atoms with E-state index >= 15 is 0 Å². The molecule has 0 saturated carbocycles. The number of halogens is 2. The summed E-state index contributed by atoms with van der Waals surface area (Å²) in [5.74, 6) is -0.260. The van der Waals surface area contributed by atoms with Gasteiger partial charge in [0.15, 0.2) is 5.78 Å². The third-order valence-electron chi connectivity index (χ3n) is 2.89. The molecule has 0 amide bonds. The van der Waals surface area contributed by atoms with Crippen molar-refractivity contribution in [2.75, 3.05) is 0 Å². The molecule has 1 aromatic heterocycles. The number of benzene rings is 1. The van der Waals surface area contributed by atoms with Crippen LogP contribution in [0.15, 0.2) is 35.1 Å². The summed E-state index contributed by atoms with van der Waals surface area (Å²) in [6.07, 6.45) is 0. The number of carbonyl (C=O) groups is 1. The summed E-state index contributed by atoms with van der Waals surface area (Å²) in [5, 5.41) is 1.03. The number of ketones is 1. The quantitative estimate of drug-likeness (QED) is 0.795. The van der Waals surface area contributed by atoms with Gasteiger partial charge in [0.1, 0.15) is 0 Å². The molecule has 0 unspecified atom stereocenters. The van der Waals surface area contributed by atoms with E-state index in [-0.39, 0.29) is 16.9 Å². The Morgan fingerprint density at radius 3 is 2.47 bits per heavy atom. The van der Waals surface area contributed by atoms with Gasteiger partial charge in [0.05, 0.1) is 11.3 Å². The molecular formula is C14H11Cl2NO2.